The Balaban J connectivity index is 1.02. The molecule has 1 saturated heterocycles. The largest absolute Gasteiger partial charge is 0.457 e. The molecule has 8 nitrogen and oxygen atoms in total. The number of likely N-dealkylation sites (tertiary alicyclic amines) is 1. The van der Waals surface area contributed by atoms with Crippen LogP contribution in [0.2, 0.25) is 0 Å². The number of amides is 3. The van der Waals surface area contributed by atoms with Gasteiger partial charge in [0.2, 0.25) is 0 Å². The van der Waals surface area contributed by atoms with Crippen molar-refractivity contribution in [2.45, 2.75) is 38.7 Å². The number of carbonyl (C=O) groups is 4. The average Bonchev–Trinajstić information content (AvgIpc) is 3.25. The van der Waals surface area contributed by atoms with Gasteiger partial charge in [-0.15, -0.1) is 5.06 Å². The van der Waals surface area contributed by atoms with Crippen molar-refractivity contribution in [2.75, 3.05) is 19.7 Å². The maximum atomic E-state index is 13.1. The highest BCUT2D eigenvalue weighted by Crippen LogP contribution is 2.25. The predicted octanol–water partition coefficient (Wildman–Crippen LogP) is 5.29. The molecule has 0 aliphatic carbocycles. The monoisotopic (exact) mass is 540 g/mol. The number of rotatable bonds is 10. The highest BCUT2D eigenvalue weighted by atomic mass is 16.7. The van der Waals surface area contributed by atoms with Gasteiger partial charge in [-0.3, -0.25) is 19.2 Å². The van der Waals surface area contributed by atoms with E-state index < -0.39 is 17.8 Å². The Labute approximate surface area is 233 Å². The molecule has 2 aliphatic rings. The molecule has 3 aromatic carbocycles. The third-order valence-corrected chi connectivity index (χ3v) is 7.44. The first-order chi connectivity index (χ1) is 19.5. The van der Waals surface area contributed by atoms with Crippen molar-refractivity contribution in [2.24, 2.45) is 5.92 Å². The van der Waals surface area contributed by atoms with Crippen molar-refractivity contribution < 1.29 is 28.8 Å². The summed E-state index contributed by atoms with van der Waals surface area (Å²) in [6.45, 7) is 1.81. The van der Waals surface area contributed by atoms with Gasteiger partial charge < -0.3 is 9.64 Å². The number of hydrogen-bond acceptors (Lipinski definition) is 6. The molecule has 3 amide bonds. The Hall–Kier alpha value is -4.30. The summed E-state index contributed by atoms with van der Waals surface area (Å²) in [7, 11) is 0. The number of esters is 1. The first kappa shape index (κ1) is 27.3. The molecule has 0 saturated carbocycles. The quantitative estimate of drug-likeness (QED) is 0.197. The summed E-state index contributed by atoms with van der Waals surface area (Å²) in [5.74, 6) is -0.850. The van der Waals surface area contributed by atoms with E-state index in [1.807, 2.05) is 35.2 Å². The van der Waals surface area contributed by atoms with Crippen molar-refractivity contribution in [3.63, 3.8) is 0 Å². The fourth-order valence-corrected chi connectivity index (χ4v) is 5.17. The Kier molecular flexibility index (Phi) is 8.66. The molecular formula is C32H32N2O6. The van der Waals surface area contributed by atoms with Crippen molar-refractivity contribution in [1.82, 2.24) is 9.96 Å². The van der Waals surface area contributed by atoms with Gasteiger partial charge in [0.05, 0.1) is 23.3 Å². The van der Waals surface area contributed by atoms with E-state index in [1.54, 1.807) is 48.5 Å². The summed E-state index contributed by atoms with van der Waals surface area (Å²) in [4.78, 5) is 57.7. The molecule has 40 heavy (non-hydrogen) atoms. The molecule has 0 unspecified atom stereocenters. The van der Waals surface area contributed by atoms with Crippen LogP contribution in [-0.2, 0) is 16.2 Å². The Bertz CT molecular complexity index is 1350. The molecular weight excluding hydrogens is 508 g/mol. The minimum Gasteiger partial charge on any atom is -0.457 e. The van der Waals surface area contributed by atoms with Gasteiger partial charge in [-0.05, 0) is 61.1 Å². The number of fused-ring (bicyclic) bond motifs is 1. The molecule has 0 spiro atoms. The highest BCUT2D eigenvalue weighted by Gasteiger charge is 2.36. The zero-order chi connectivity index (χ0) is 27.9. The van der Waals surface area contributed by atoms with Crippen LogP contribution < -0.4 is 0 Å². The molecule has 0 aromatic heterocycles. The molecule has 3 aromatic rings. The minimum atomic E-state index is -0.454. The smallest absolute Gasteiger partial charge is 0.338 e. The van der Waals surface area contributed by atoms with Crippen molar-refractivity contribution in [3.05, 3.63) is 107 Å². The van der Waals surface area contributed by atoms with Gasteiger partial charge in [0.25, 0.3) is 17.7 Å². The van der Waals surface area contributed by atoms with Gasteiger partial charge >= 0.3 is 5.97 Å². The number of nitrogens with zero attached hydrogens (tertiary/aromatic N) is 2. The number of benzene rings is 3. The lowest BCUT2D eigenvalue weighted by molar-refractivity contribution is -0.0924. The number of imide groups is 1. The van der Waals surface area contributed by atoms with Crippen LogP contribution in [0.15, 0.2) is 78.9 Å². The average molecular weight is 541 g/mol. The zero-order valence-electron chi connectivity index (χ0n) is 22.3. The predicted molar refractivity (Wildman–Crippen MR) is 147 cm³/mol. The molecule has 0 bridgehead atoms. The maximum Gasteiger partial charge on any atom is 0.338 e. The van der Waals surface area contributed by atoms with Crippen LogP contribution in [0.1, 0.15) is 79.1 Å². The molecule has 1 fully saturated rings. The first-order valence-corrected chi connectivity index (χ1v) is 13.7. The highest BCUT2D eigenvalue weighted by molar-refractivity contribution is 6.20. The number of hydrogen-bond donors (Lipinski definition) is 0. The van der Waals surface area contributed by atoms with E-state index in [0.29, 0.717) is 47.9 Å². The lowest BCUT2D eigenvalue weighted by atomic mass is 9.91. The lowest BCUT2D eigenvalue weighted by Gasteiger charge is -2.32. The summed E-state index contributed by atoms with van der Waals surface area (Å²) >= 11 is 0. The minimum absolute atomic E-state index is 0.0782. The van der Waals surface area contributed by atoms with Gasteiger partial charge in [0, 0.05) is 18.7 Å². The summed E-state index contributed by atoms with van der Waals surface area (Å²) < 4.78 is 5.41. The number of ether oxygens (including phenoxy) is 1. The third-order valence-electron chi connectivity index (χ3n) is 7.44. The number of piperidine rings is 1. The normalized spacial score (nSPS) is 15.3. The molecule has 206 valence electrons. The summed E-state index contributed by atoms with van der Waals surface area (Å²) in [5.41, 5.74) is 2.51. The van der Waals surface area contributed by atoms with Gasteiger partial charge in [-0.2, -0.15) is 0 Å². The fourth-order valence-electron chi connectivity index (χ4n) is 5.17. The van der Waals surface area contributed by atoms with E-state index in [4.69, 9.17) is 9.57 Å². The molecule has 5 rings (SSSR count). The van der Waals surface area contributed by atoms with E-state index in [9.17, 15) is 19.2 Å². The number of carbonyl (C=O) groups excluding carboxylic acids is 4. The van der Waals surface area contributed by atoms with Crippen molar-refractivity contribution in [1.29, 1.82) is 0 Å². The van der Waals surface area contributed by atoms with E-state index in [2.05, 4.69) is 0 Å². The standard InChI is InChI=1S/C32H32N2O6/c35-29(25-12-8-13-26(21-25)32(38)39-22-24-10-2-1-3-11-24)33-18-16-23(17-19-33)9-6-7-20-40-34-30(36)27-14-4-5-15-28(27)31(34)37/h1-5,8,10-15,21,23H,6-7,9,16-20,22H2. The van der Waals surface area contributed by atoms with Gasteiger partial charge in [0.1, 0.15) is 6.61 Å². The lowest BCUT2D eigenvalue weighted by Crippen LogP contribution is -2.38. The number of hydroxylamine groups is 2. The van der Waals surface area contributed by atoms with Gasteiger partial charge in [0.15, 0.2) is 0 Å². The molecule has 2 heterocycles. The second kappa shape index (κ2) is 12.7. The van der Waals surface area contributed by atoms with Crippen LogP contribution in [0.5, 0.6) is 0 Å². The van der Waals surface area contributed by atoms with E-state index in [0.717, 1.165) is 42.7 Å². The molecule has 8 heteroatoms. The van der Waals surface area contributed by atoms with Crippen LogP contribution in [0.4, 0.5) is 0 Å². The topological polar surface area (TPSA) is 93.2 Å². The van der Waals surface area contributed by atoms with Crippen LogP contribution in [0.3, 0.4) is 0 Å². The van der Waals surface area contributed by atoms with Crippen LogP contribution in [-0.4, -0.2) is 53.4 Å². The summed E-state index contributed by atoms with van der Waals surface area (Å²) in [6.07, 6.45) is 4.46. The fraction of sp³-hybridized carbons (Fsp3) is 0.312. The van der Waals surface area contributed by atoms with Crippen LogP contribution >= 0.6 is 0 Å². The molecule has 0 N–H and O–H groups in total. The number of unbranched alkanes of at least 4 members (excludes halogenated alkanes) is 1. The van der Waals surface area contributed by atoms with E-state index in [1.165, 1.54) is 0 Å². The molecule has 0 radical (unpaired) electrons. The Morgan fingerprint density at radius 3 is 2.12 bits per heavy atom. The third kappa shape index (κ3) is 6.29. The summed E-state index contributed by atoms with van der Waals surface area (Å²) in [5, 5.41) is 0.868. The second-order valence-corrected chi connectivity index (χ2v) is 10.2. The maximum absolute atomic E-state index is 13.1. The zero-order valence-corrected chi connectivity index (χ0v) is 22.3. The Morgan fingerprint density at radius 2 is 1.43 bits per heavy atom. The van der Waals surface area contributed by atoms with Crippen LogP contribution in [0, 0.1) is 5.92 Å². The second-order valence-electron chi connectivity index (χ2n) is 10.2. The first-order valence-electron chi connectivity index (χ1n) is 13.7. The van der Waals surface area contributed by atoms with Crippen LogP contribution in [0.25, 0.3) is 0 Å². The summed E-state index contributed by atoms with van der Waals surface area (Å²) in [6, 6.07) is 22.9. The van der Waals surface area contributed by atoms with E-state index in [-0.39, 0.29) is 12.5 Å². The molecule has 2 aliphatic heterocycles. The Morgan fingerprint density at radius 1 is 0.775 bits per heavy atom. The van der Waals surface area contributed by atoms with Crippen molar-refractivity contribution >= 4 is 23.7 Å². The molecule has 0 atom stereocenters. The van der Waals surface area contributed by atoms with E-state index >= 15 is 0 Å². The van der Waals surface area contributed by atoms with Gasteiger partial charge in [-0.25, -0.2) is 4.79 Å². The SMILES string of the molecule is O=C(OCc1ccccc1)c1cccc(C(=O)N2CCC(CCCCON3C(=O)c4ccccc4C3=O)CC2)c1. The van der Waals surface area contributed by atoms with Gasteiger partial charge in [-0.1, -0.05) is 61.4 Å². The van der Waals surface area contributed by atoms with Crippen molar-refractivity contribution in [3.8, 4) is 0 Å².